The summed E-state index contributed by atoms with van der Waals surface area (Å²) >= 11 is 5.26. The number of methoxy groups -OCH3 is 1. The Labute approximate surface area is 279 Å². The van der Waals surface area contributed by atoms with Crippen LogP contribution in [0.1, 0.15) is 46.9 Å². The SMILES string of the molecule is CCOc1ccc(C(C=O)C(F)(F)F)cc1F.COc1cccc(C(C=O)C(F)(F)F)c1.O=CC(c1ccc(C(F)(F)F)c(Cl)c1)C(F)(F)F. The van der Waals surface area contributed by atoms with Crippen molar-refractivity contribution in [3.8, 4) is 11.5 Å². The lowest BCUT2D eigenvalue weighted by molar-refractivity contribution is -0.157. The highest BCUT2D eigenvalue weighted by molar-refractivity contribution is 6.31. The number of alkyl halides is 12. The molecule has 0 aliphatic heterocycles. The molecule has 0 aliphatic carbocycles. The van der Waals surface area contributed by atoms with E-state index in [0.29, 0.717) is 30.0 Å². The normalized spacial score (nSPS) is 13.7. The highest BCUT2D eigenvalue weighted by atomic mass is 35.5. The molecule has 0 fully saturated rings. The van der Waals surface area contributed by atoms with Crippen molar-refractivity contribution in [1.82, 2.24) is 0 Å². The van der Waals surface area contributed by atoms with Gasteiger partial charge >= 0.3 is 24.7 Å². The van der Waals surface area contributed by atoms with Gasteiger partial charge in [-0.05, 0) is 60.0 Å². The van der Waals surface area contributed by atoms with Crippen LogP contribution in [0.4, 0.5) is 57.1 Å². The number of carbonyl (C=O) groups is 3. The lowest BCUT2D eigenvalue weighted by Gasteiger charge is -2.16. The number of hydrogen-bond donors (Lipinski definition) is 0. The van der Waals surface area contributed by atoms with Gasteiger partial charge in [0.05, 0.1) is 24.3 Å². The Morgan fingerprint density at radius 1 is 0.660 bits per heavy atom. The first-order chi connectivity index (χ1) is 23.0. The Balaban J connectivity index is 0.000000377. The second kappa shape index (κ2) is 18.1. The van der Waals surface area contributed by atoms with E-state index in [4.69, 9.17) is 21.1 Å². The zero-order chi connectivity index (χ0) is 38.7. The van der Waals surface area contributed by atoms with E-state index in [2.05, 4.69) is 0 Å². The van der Waals surface area contributed by atoms with Gasteiger partial charge in [-0.15, -0.1) is 0 Å². The summed E-state index contributed by atoms with van der Waals surface area (Å²) in [5.41, 5.74) is -2.43. The van der Waals surface area contributed by atoms with Gasteiger partial charge in [-0.25, -0.2) is 4.39 Å². The minimum Gasteiger partial charge on any atom is -0.497 e. The van der Waals surface area contributed by atoms with Crippen LogP contribution < -0.4 is 9.47 Å². The summed E-state index contributed by atoms with van der Waals surface area (Å²) in [6, 6.07) is 9.65. The molecule has 0 bridgehead atoms. The summed E-state index contributed by atoms with van der Waals surface area (Å²) in [6.07, 6.45) is -19.7. The van der Waals surface area contributed by atoms with E-state index < -0.39 is 70.0 Å². The number of halogens is 14. The van der Waals surface area contributed by atoms with Crippen molar-refractivity contribution in [2.24, 2.45) is 0 Å². The van der Waals surface area contributed by atoms with Crippen molar-refractivity contribution in [3.05, 3.63) is 93.8 Å². The van der Waals surface area contributed by atoms with E-state index in [1.807, 2.05) is 0 Å². The van der Waals surface area contributed by atoms with E-state index in [0.717, 1.165) is 12.1 Å². The number of aldehydes is 3. The number of hydrogen-bond acceptors (Lipinski definition) is 5. The fourth-order valence-corrected chi connectivity index (χ4v) is 4.10. The van der Waals surface area contributed by atoms with E-state index >= 15 is 0 Å². The molecule has 3 aromatic carbocycles. The summed E-state index contributed by atoms with van der Waals surface area (Å²) in [5, 5.41) is -0.879. The molecule has 276 valence electrons. The highest BCUT2D eigenvalue weighted by Gasteiger charge is 2.43. The van der Waals surface area contributed by atoms with Crippen molar-refractivity contribution >= 4 is 30.5 Å². The predicted octanol–water partition coefficient (Wildman–Crippen LogP) is 9.81. The van der Waals surface area contributed by atoms with Crippen molar-refractivity contribution in [3.63, 3.8) is 0 Å². The quantitative estimate of drug-likeness (QED) is 0.161. The molecule has 0 saturated carbocycles. The Hall–Kier alpha value is -4.35. The van der Waals surface area contributed by atoms with Crippen molar-refractivity contribution < 1.29 is 80.9 Å². The van der Waals surface area contributed by atoms with Gasteiger partial charge in [0.25, 0.3) is 0 Å². The molecular weight excluding hydrogens is 735 g/mol. The number of ether oxygens (including phenoxy) is 2. The molecule has 0 spiro atoms. The molecule has 3 atom stereocenters. The Kier molecular flexibility index (Phi) is 15.8. The smallest absolute Gasteiger partial charge is 0.417 e. The molecule has 0 amide bonds. The van der Waals surface area contributed by atoms with Crippen LogP contribution in [0.25, 0.3) is 0 Å². The van der Waals surface area contributed by atoms with Crippen LogP contribution in [-0.2, 0) is 20.6 Å². The standard InChI is InChI=1S/C11H10F4O2.C10H5ClF6O.C10H9F3O2/c1-2-17-10-4-3-7(5-9(10)12)8(6-16)11(13,14)15;11-8-3-5(7(4-18)10(15,16)17)1-2-6(8)9(12,13)14;1-15-8-4-2-3-7(5-8)9(6-14)10(11,12)13/h3-6,8H,2H2,1H3;1-4,7H;2-6,9H,1H3. The largest absolute Gasteiger partial charge is 0.497 e. The topological polar surface area (TPSA) is 69.7 Å². The molecule has 3 aromatic rings. The van der Waals surface area contributed by atoms with Crippen molar-refractivity contribution in [1.29, 1.82) is 0 Å². The summed E-state index contributed by atoms with van der Waals surface area (Å²) in [7, 11) is 1.35. The fraction of sp³-hybridized carbons (Fsp3) is 0.323. The molecule has 0 saturated heterocycles. The third kappa shape index (κ3) is 12.8. The minimum atomic E-state index is -4.87. The first-order valence-corrected chi connectivity index (χ1v) is 13.8. The van der Waals surface area contributed by atoms with Gasteiger partial charge in [0.15, 0.2) is 11.6 Å². The van der Waals surface area contributed by atoms with Crippen molar-refractivity contribution in [2.75, 3.05) is 13.7 Å². The average molecular weight is 759 g/mol. The van der Waals surface area contributed by atoms with Crippen LogP contribution in [0.2, 0.25) is 5.02 Å². The number of rotatable bonds is 9. The van der Waals surface area contributed by atoms with Crippen molar-refractivity contribution in [2.45, 2.75) is 49.4 Å². The molecule has 0 aliphatic rings. The molecule has 0 aromatic heterocycles. The van der Waals surface area contributed by atoms with Crippen LogP contribution in [0, 0.1) is 5.82 Å². The van der Waals surface area contributed by atoms with E-state index in [9.17, 15) is 71.5 Å². The van der Waals surface area contributed by atoms with E-state index in [1.165, 1.54) is 31.4 Å². The third-order valence-electron chi connectivity index (χ3n) is 6.19. The molecule has 50 heavy (non-hydrogen) atoms. The molecular formula is C31H24ClF13O5. The molecule has 0 N–H and O–H groups in total. The third-order valence-corrected chi connectivity index (χ3v) is 6.50. The van der Waals surface area contributed by atoms with Gasteiger partial charge in [0, 0.05) is 0 Å². The molecule has 3 unspecified atom stereocenters. The minimum absolute atomic E-state index is 0.114. The number of benzene rings is 3. The van der Waals surface area contributed by atoms with E-state index in [-0.39, 0.29) is 36.8 Å². The van der Waals surface area contributed by atoms with Crippen LogP contribution in [0.15, 0.2) is 60.7 Å². The molecule has 5 nitrogen and oxygen atoms in total. The van der Waals surface area contributed by atoms with Gasteiger partial charge < -0.3 is 23.9 Å². The summed E-state index contributed by atoms with van der Waals surface area (Å²) < 4.78 is 171. The van der Waals surface area contributed by atoms with Gasteiger partial charge in [-0.3, -0.25) is 0 Å². The van der Waals surface area contributed by atoms with Gasteiger partial charge in [-0.2, -0.15) is 52.7 Å². The van der Waals surface area contributed by atoms with Crippen LogP contribution in [0.5, 0.6) is 11.5 Å². The zero-order valence-corrected chi connectivity index (χ0v) is 26.0. The second-order valence-corrected chi connectivity index (χ2v) is 10.0. The van der Waals surface area contributed by atoms with Gasteiger partial charge in [0.1, 0.15) is 42.4 Å². The molecule has 0 radical (unpaired) electrons. The maximum Gasteiger partial charge on any atom is 0.417 e. The summed E-state index contributed by atoms with van der Waals surface area (Å²) in [6.45, 7) is 1.82. The summed E-state index contributed by atoms with van der Waals surface area (Å²) in [5.74, 6) is -7.65. The first kappa shape index (κ1) is 43.7. The fourth-order valence-electron chi connectivity index (χ4n) is 3.81. The highest BCUT2D eigenvalue weighted by Crippen LogP contribution is 2.39. The van der Waals surface area contributed by atoms with Crippen LogP contribution >= 0.6 is 11.6 Å². The maximum atomic E-state index is 13.3. The van der Waals surface area contributed by atoms with Crippen LogP contribution in [0.3, 0.4) is 0 Å². The molecule has 3 rings (SSSR count). The Bertz CT molecular complexity index is 1570. The Morgan fingerprint density at radius 3 is 1.46 bits per heavy atom. The van der Waals surface area contributed by atoms with Gasteiger partial charge in [0.2, 0.25) is 0 Å². The van der Waals surface area contributed by atoms with Gasteiger partial charge in [-0.1, -0.05) is 35.9 Å². The lowest BCUT2D eigenvalue weighted by Crippen LogP contribution is -2.22. The predicted molar refractivity (Wildman–Crippen MR) is 152 cm³/mol. The Morgan fingerprint density at radius 2 is 1.10 bits per heavy atom. The van der Waals surface area contributed by atoms with E-state index in [1.54, 1.807) is 6.92 Å². The second-order valence-electron chi connectivity index (χ2n) is 9.60. The molecule has 0 heterocycles. The zero-order valence-electron chi connectivity index (χ0n) is 25.3. The van der Waals surface area contributed by atoms with Crippen LogP contribution in [-0.4, -0.2) is 51.1 Å². The monoisotopic (exact) mass is 758 g/mol. The average Bonchev–Trinajstić information content (AvgIpc) is 2.98. The maximum absolute atomic E-state index is 13.3. The lowest BCUT2D eigenvalue weighted by atomic mass is 9.98. The molecule has 19 heteroatoms. The summed E-state index contributed by atoms with van der Waals surface area (Å²) in [4.78, 5) is 31.2. The number of carbonyl (C=O) groups excluding carboxylic acids is 3. The first-order valence-electron chi connectivity index (χ1n) is 13.4.